The zero-order chi connectivity index (χ0) is 34.9. The number of hydrogen-bond donors (Lipinski definition) is 0. The third kappa shape index (κ3) is 4.35. The van der Waals surface area contributed by atoms with Crippen LogP contribution in [0.1, 0.15) is 0 Å². The first-order valence-corrected chi connectivity index (χ1v) is 20.2. The number of benzene rings is 8. The molecule has 8 aromatic carbocycles. The van der Waals surface area contributed by atoms with Crippen LogP contribution >= 0.6 is 0 Å². The van der Waals surface area contributed by atoms with Gasteiger partial charge in [-0.1, -0.05) is 164 Å². The van der Waals surface area contributed by atoms with E-state index in [4.69, 9.17) is 9.39 Å². The Hall–Kier alpha value is -6.56. The molecule has 0 saturated heterocycles. The summed E-state index contributed by atoms with van der Waals surface area (Å²) in [7, 11) is -2.74. The van der Waals surface area contributed by atoms with Gasteiger partial charge in [-0.05, 0) is 56.6 Å². The summed E-state index contributed by atoms with van der Waals surface area (Å²) in [6, 6.07) is 70.3. The molecule has 11 rings (SSSR count). The van der Waals surface area contributed by atoms with Crippen molar-refractivity contribution in [2.24, 2.45) is 0 Å². The normalized spacial score (nSPS) is 12.8. The lowest BCUT2D eigenvalue weighted by molar-refractivity contribution is 0.477. The van der Waals surface area contributed by atoms with Crippen LogP contribution in [-0.4, -0.2) is 19.6 Å². The van der Waals surface area contributed by atoms with Crippen LogP contribution in [-0.2, 0) is 0 Å². The van der Waals surface area contributed by atoms with Crippen LogP contribution in [0.5, 0.6) is 17.2 Å². The Morgan fingerprint density at radius 1 is 0.434 bits per heavy atom. The predicted molar refractivity (Wildman–Crippen MR) is 222 cm³/mol. The second kappa shape index (κ2) is 11.7. The topological polar surface area (TPSA) is 23.4 Å². The summed E-state index contributed by atoms with van der Waals surface area (Å²) < 4.78 is 16.5. The average molecular weight is 694 g/mol. The molecule has 2 aliphatic heterocycles. The molecule has 9 aromatic rings. The molecule has 0 unspecified atom stereocenters. The van der Waals surface area contributed by atoms with Gasteiger partial charge in [0.15, 0.2) is 8.07 Å². The minimum atomic E-state index is -2.74. The molecule has 3 heterocycles. The number of aromatic nitrogens is 1. The van der Waals surface area contributed by atoms with Crippen molar-refractivity contribution in [2.45, 2.75) is 0 Å². The summed E-state index contributed by atoms with van der Waals surface area (Å²) in [4.78, 5) is 0. The Morgan fingerprint density at radius 3 is 1.62 bits per heavy atom. The third-order valence-corrected chi connectivity index (χ3v) is 16.0. The molecule has 0 fully saturated rings. The lowest BCUT2D eigenvalue weighted by atomic mass is 9.51. The fourth-order valence-electron chi connectivity index (χ4n) is 9.01. The van der Waals surface area contributed by atoms with Crippen LogP contribution in [0.15, 0.2) is 194 Å². The van der Waals surface area contributed by atoms with Crippen LogP contribution in [0.4, 0.5) is 0 Å². The summed E-state index contributed by atoms with van der Waals surface area (Å²) in [6.07, 6.45) is 0. The van der Waals surface area contributed by atoms with Gasteiger partial charge in [-0.25, -0.2) is 0 Å². The average Bonchev–Trinajstić information content (AvgIpc) is 3.56. The minimum absolute atomic E-state index is 0.310. The largest absolute Gasteiger partial charge is 0.551 e. The highest BCUT2D eigenvalue weighted by Gasteiger charge is 2.45. The van der Waals surface area contributed by atoms with E-state index < -0.39 is 8.07 Å². The minimum Gasteiger partial charge on any atom is -0.551 e. The maximum Gasteiger partial charge on any atom is 0.434 e. The molecular weight excluding hydrogens is 661 g/mol. The second-order valence-electron chi connectivity index (χ2n) is 13.9. The molecule has 5 heteroatoms. The highest BCUT2D eigenvalue weighted by atomic mass is 28.3. The smallest absolute Gasteiger partial charge is 0.434 e. The van der Waals surface area contributed by atoms with Gasteiger partial charge < -0.3 is 14.0 Å². The van der Waals surface area contributed by atoms with Crippen molar-refractivity contribution in [3.63, 3.8) is 0 Å². The number of rotatable bonds is 5. The summed E-state index contributed by atoms with van der Waals surface area (Å²) in [5, 5.41) is 7.79. The molecule has 0 N–H and O–H groups in total. The van der Waals surface area contributed by atoms with Gasteiger partial charge in [-0.15, -0.1) is 0 Å². The maximum atomic E-state index is 7.12. The van der Waals surface area contributed by atoms with E-state index in [-0.39, 0.29) is 6.92 Å². The van der Waals surface area contributed by atoms with Crippen LogP contribution in [0.3, 0.4) is 0 Å². The van der Waals surface area contributed by atoms with Gasteiger partial charge in [-0.2, -0.15) is 0 Å². The Bertz CT molecular complexity index is 2700. The van der Waals surface area contributed by atoms with E-state index >= 15 is 0 Å². The molecule has 1 aromatic heterocycles. The monoisotopic (exact) mass is 693 g/mol. The second-order valence-corrected chi connectivity index (χ2v) is 17.8. The number of nitrogens with zero attached hydrogens (tertiary/aromatic N) is 1. The summed E-state index contributed by atoms with van der Waals surface area (Å²) in [6.45, 7) is -0.310. The predicted octanol–water partition coefficient (Wildman–Crippen LogP) is 7.43. The molecular formula is C48H32BNO2Si. The Morgan fingerprint density at radius 2 is 1.00 bits per heavy atom. The molecule has 53 heavy (non-hydrogen) atoms. The van der Waals surface area contributed by atoms with Gasteiger partial charge in [0, 0.05) is 27.3 Å². The standard InChI is InChI=1S/C48H32BNO2Si/c1-4-16-33(17-5-1)53(34-18-6-2-7-19-34,35-20-8-3-9-21-35)36-30-31-45-40(32-36)39-24-14-29-46-47(39)49(52-45)41-25-15-28-44(48(41)51-46)50-42-26-12-10-22-37(42)38-23-11-13-27-43(38)50/h1-32H. The Kier molecular flexibility index (Phi) is 6.67. The van der Waals surface area contributed by atoms with Crippen LogP contribution in [0.2, 0.25) is 0 Å². The molecule has 0 atom stereocenters. The quantitative estimate of drug-likeness (QED) is 0.138. The Balaban J connectivity index is 1.11. The fraction of sp³-hybridized carbons (Fsp3) is 0. The van der Waals surface area contributed by atoms with Crippen LogP contribution < -0.4 is 41.1 Å². The molecule has 2 aliphatic rings. The van der Waals surface area contributed by atoms with Crippen molar-refractivity contribution < 1.29 is 9.39 Å². The van der Waals surface area contributed by atoms with E-state index in [1.807, 2.05) is 0 Å². The van der Waals surface area contributed by atoms with Crippen LogP contribution in [0.25, 0.3) is 38.6 Å². The van der Waals surface area contributed by atoms with E-state index in [9.17, 15) is 0 Å². The first kappa shape index (κ1) is 30.1. The molecule has 0 bridgehead atoms. The van der Waals surface area contributed by atoms with Crippen molar-refractivity contribution in [1.29, 1.82) is 0 Å². The van der Waals surface area contributed by atoms with Crippen molar-refractivity contribution in [3.05, 3.63) is 194 Å². The lowest BCUT2D eigenvalue weighted by Gasteiger charge is -2.37. The molecule has 248 valence electrons. The van der Waals surface area contributed by atoms with E-state index in [1.54, 1.807) is 0 Å². The first-order valence-electron chi connectivity index (χ1n) is 18.2. The highest BCUT2D eigenvalue weighted by molar-refractivity contribution is 7.20. The number of para-hydroxylation sites is 3. The SMILES string of the molecule is c1ccc([Si](c2ccccc2)(c2ccccc2)c2ccc3c(c2)-c2cccc4c2B(O3)c2cccc(-n3c5ccccc5c5ccccc53)c2O4)cc1. The van der Waals surface area contributed by atoms with Crippen molar-refractivity contribution >= 4 is 68.5 Å². The molecule has 0 saturated carbocycles. The van der Waals surface area contributed by atoms with Gasteiger partial charge in [0.25, 0.3) is 0 Å². The summed E-state index contributed by atoms with van der Waals surface area (Å²) in [5.74, 6) is 2.55. The van der Waals surface area contributed by atoms with Crippen molar-refractivity contribution in [2.75, 3.05) is 0 Å². The molecule has 3 nitrogen and oxygen atoms in total. The Labute approximate surface area is 309 Å². The molecule has 0 radical (unpaired) electrons. The van der Waals surface area contributed by atoms with Gasteiger partial charge in [0.1, 0.15) is 17.2 Å². The maximum absolute atomic E-state index is 7.12. The van der Waals surface area contributed by atoms with Crippen molar-refractivity contribution in [3.8, 4) is 34.1 Å². The third-order valence-electron chi connectivity index (χ3n) is 11.2. The van der Waals surface area contributed by atoms with E-state index in [2.05, 4.69) is 199 Å². The van der Waals surface area contributed by atoms with E-state index in [0.717, 1.165) is 56.0 Å². The number of fused-ring (bicyclic) bond motifs is 7. The van der Waals surface area contributed by atoms with Crippen molar-refractivity contribution in [1.82, 2.24) is 4.57 Å². The van der Waals surface area contributed by atoms with E-state index in [1.165, 1.54) is 31.5 Å². The highest BCUT2D eigenvalue weighted by Crippen LogP contribution is 2.42. The zero-order valence-electron chi connectivity index (χ0n) is 28.8. The zero-order valence-corrected chi connectivity index (χ0v) is 29.8. The first-order chi connectivity index (χ1) is 26.3. The molecule has 0 spiro atoms. The van der Waals surface area contributed by atoms with Crippen LogP contribution in [0, 0.1) is 0 Å². The number of ether oxygens (including phenoxy) is 1. The van der Waals surface area contributed by atoms with Gasteiger partial charge in [-0.3, -0.25) is 0 Å². The van der Waals surface area contributed by atoms with E-state index in [0.29, 0.717) is 0 Å². The molecule has 0 aliphatic carbocycles. The molecule has 0 amide bonds. The summed E-state index contributed by atoms with van der Waals surface area (Å²) >= 11 is 0. The number of hydrogen-bond acceptors (Lipinski definition) is 2. The fourth-order valence-corrected chi connectivity index (χ4v) is 13.8. The van der Waals surface area contributed by atoms with Gasteiger partial charge >= 0.3 is 6.92 Å². The van der Waals surface area contributed by atoms with Gasteiger partial charge in [0.2, 0.25) is 0 Å². The van der Waals surface area contributed by atoms with Gasteiger partial charge in [0.05, 0.1) is 16.7 Å². The lowest BCUT2D eigenvalue weighted by Crippen LogP contribution is -2.74. The summed E-state index contributed by atoms with van der Waals surface area (Å²) in [5.41, 5.74) is 7.66.